The fourth-order valence-corrected chi connectivity index (χ4v) is 4.29. The molecule has 7 heteroatoms. The van der Waals surface area contributed by atoms with Crippen molar-refractivity contribution in [2.24, 2.45) is 0 Å². The van der Waals surface area contributed by atoms with Gasteiger partial charge in [0.25, 0.3) is 5.91 Å². The first-order valence-electron chi connectivity index (χ1n) is 9.99. The maximum atomic E-state index is 12.9. The highest BCUT2D eigenvalue weighted by atomic mass is 16.3. The van der Waals surface area contributed by atoms with Gasteiger partial charge in [-0.3, -0.25) is 9.59 Å². The summed E-state index contributed by atoms with van der Waals surface area (Å²) in [6, 6.07) is 9.77. The number of nitrogens with one attached hydrogen (secondary N) is 1. The highest BCUT2D eigenvalue weighted by molar-refractivity contribution is 5.93. The number of carbonyl (C=O) groups excluding carboxylic acids is 2. The summed E-state index contributed by atoms with van der Waals surface area (Å²) in [5, 5.41) is 13.8. The Balaban J connectivity index is 1.84. The Bertz CT molecular complexity index is 851. The van der Waals surface area contributed by atoms with Crippen molar-refractivity contribution in [2.45, 2.75) is 57.1 Å². The Morgan fingerprint density at radius 2 is 1.97 bits per heavy atom. The van der Waals surface area contributed by atoms with Crippen LogP contribution in [0.25, 0.3) is 0 Å². The van der Waals surface area contributed by atoms with Crippen molar-refractivity contribution >= 4 is 11.8 Å². The molecule has 0 aliphatic heterocycles. The maximum Gasteiger partial charge on any atom is 0.276 e. The molecule has 1 aliphatic carbocycles. The Labute approximate surface area is 171 Å². The summed E-state index contributed by atoms with van der Waals surface area (Å²) in [5.41, 5.74) is 1.13. The normalized spacial score (nSPS) is 24.6. The molecule has 29 heavy (non-hydrogen) atoms. The number of amides is 2. The van der Waals surface area contributed by atoms with Crippen LogP contribution in [-0.2, 0) is 10.2 Å². The van der Waals surface area contributed by atoms with Gasteiger partial charge in [0.15, 0.2) is 12.1 Å². The molecule has 0 unspecified atom stereocenters. The highest BCUT2D eigenvalue weighted by Gasteiger charge is 2.40. The summed E-state index contributed by atoms with van der Waals surface area (Å²) in [6.45, 7) is 3.72. The number of aliphatic hydroxyl groups excluding tert-OH is 1. The summed E-state index contributed by atoms with van der Waals surface area (Å²) in [5.74, 6) is 0.138. The minimum absolute atomic E-state index is 0.0737. The van der Waals surface area contributed by atoms with E-state index < -0.39 is 6.10 Å². The first-order valence-corrected chi connectivity index (χ1v) is 9.99. The minimum atomic E-state index is -0.654. The predicted molar refractivity (Wildman–Crippen MR) is 108 cm³/mol. The van der Waals surface area contributed by atoms with E-state index in [0.29, 0.717) is 25.1 Å². The average Bonchev–Trinajstić information content (AvgIpc) is 3.07. The van der Waals surface area contributed by atoms with Gasteiger partial charge in [0, 0.05) is 25.9 Å². The molecule has 0 radical (unpaired) electrons. The van der Waals surface area contributed by atoms with E-state index in [9.17, 15) is 14.7 Å². The van der Waals surface area contributed by atoms with Gasteiger partial charge >= 0.3 is 0 Å². The van der Waals surface area contributed by atoms with Gasteiger partial charge < -0.3 is 19.7 Å². The number of aryl methyl sites for hydroxylation is 1. The van der Waals surface area contributed by atoms with Crippen LogP contribution in [0.15, 0.2) is 41.1 Å². The standard InChI is InChI=1S/C22H29N3O4/c1-15-20(24-14-29-15)21(28)25(3)18-9-11-22(12-10-19(18)27,13-23-16(2)26)17-7-5-4-6-8-17/h4-8,14,18-19,27H,9-13H2,1-3H3,(H,23,26)/t18-,19-,22+/m0/s1. The molecule has 1 aromatic heterocycles. The molecule has 2 N–H and O–H groups in total. The van der Waals surface area contributed by atoms with Crippen LogP contribution in [0.2, 0.25) is 0 Å². The molecular weight excluding hydrogens is 370 g/mol. The lowest BCUT2D eigenvalue weighted by Crippen LogP contribution is -2.44. The number of hydrogen-bond acceptors (Lipinski definition) is 5. The zero-order valence-corrected chi connectivity index (χ0v) is 17.2. The zero-order chi connectivity index (χ0) is 21.0. The predicted octanol–water partition coefficient (Wildman–Crippen LogP) is 2.43. The molecular formula is C22H29N3O4. The van der Waals surface area contributed by atoms with Crippen molar-refractivity contribution in [3.8, 4) is 0 Å². The number of hydrogen-bond donors (Lipinski definition) is 2. The molecule has 0 bridgehead atoms. The van der Waals surface area contributed by atoms with E-state index in [1.807, 2.05) is 18.2 Å². The van der Waals surface area contributed by atoms with Crippen LogP contribution >= 0.6 is 0 Å². The average molecular weight is 399 g/mol. The first-order chi connectivity index (χ1) is 13.8. The van der Waals surface area contributed by atoms with Gasteiger partial charge in [-0.2, -0.15) is 0 Å². The van der Waals surface area contributed by atoms with Crippen LogP contribution < -0.4 is 5.32 Å². The van der Waals surface area contributed by atoms with Gasteiger partial charge in [0.2, 0.25) is 5.91 Å². The molecule has 3 atom stereocenters. The van der Waals surface area contributed by atoms with Gasteiger partial charge in [-0.25, -0.2) is 4.98 Å². The van der Waals surface area contributed by atoms with Crippen LogP contribution in [0.5, 0.6) is 0 Å². The van der Waals surface area contributed by atoms with Gasteiger partial charge in [-0.15, -0.1) is 0 Å². The second kappa shape index (κ2) is 8.78. The largest absolute Gasteiger partial charge is 0.448 e. The number of carbonyl (C=O) groups is 2. The third-order valence-corrected chi connectivity index (χ3v) is 6.11. The third-order valence-electron chi connectivity index (χ3n) is 6.11. The van der Waals surface area contributed by atoms with Crippen LogP contribution in [-0.4, -0.2) is 52.5 Å². The topological polar surface area (TPSA) is 95.7 Å². The van der Waals surface area contributed by atoms with Crippen molar-refractivity contribution in [1.29, 1.82) is 0 Å². The van der Waals surface area contributed by atoms with E-state index in [-0.39, 0.29) is 29.0 Å². The van der Waals surface area contributed by atoms with E-state index in [1.54, 1.807) is 18.9 Å². The van der Waals surface area contributed by atoms with Crippen LogP contribution in [0.1, 0.15) is 54.4 Å². The zero-order valence-electron chi connectivity index (χ0n) is 17.2. The summed E-state index contributed by atoms with van der Waals surface area (Å²) in [6.07, 6.45) is 3.23. The molecule has 1 aromatic carbocycles. The van der Waals surface area contributed by atoms with Crippen molar-refractivity contribution < 1.29 is 19.1 Å². The highest BCUT2D eigenvalue weighted by Crippen LogP contribution is 2.39. The number of aliphatic hydroxyl groups is 1. The summed E-state index contributed by atoms with van der Waals surface area (Å²) < 4.78 is 5.16. The van der Waals surface area contributed by atoms with E-state index in [2.05, 4.69) is 22.4 Å². The van der Waals surface area contributed by atoms with Crippen LogP contribution in [0, 0.1) is 6.92 Å². The lowest BCUT2D eigenvalue weighted by atomic mass is 9.74. The molecule has 0 spiro atoms. The molecule has 2 amide bonds. The number of oxazole rings is 1. The number of benzene rings is 1. The number of rotatable bonds is 5. The first kappa shape index (κ1) is 21.0. The van der Waals surface area contributed by atoms with Gasteiger partial charge in [-0.1, -0.05) is 30.3 Å². The quantitative estimate of drug-likeness (QED) is 0.753. The van der Waals surface area contributed by atoms with Gasteiger partial charge in [0.05, 0.1) is 12.1 Å². The SMILES string of the molecule is CC(=O)NC[C@]1(c2ccccc2)CC[C@H](O)[C@@H](N(C)C(=O)c2ncoc2C)CC1. The Morgan fingerprint density at radius 3 is 2.59 bits per heavy atom. The third kappa shape index (κ3) is 4.50. The summed E-state index contributed by atoms with van der Waals surface area (Å²) in [4.78, 5) is 30.1. The molecule has 156 valence electrons. The van der Waals surface area contributed by atoms with Crippen LogP contribution in [0.3, 0.4) is 0 Å². The molecule has 7 nitrogen and oxygen atoms in total. The number of aromatic nitrogens is 1. The van der Waals surface area contributed by atoms with E-state index in [0.717, 1.165) is 18.4 Å². The summed E-state index contributed by atoms with van der Waals surface area (Å²) in [7, 11) is 1.70. The van der Waals surface area contributed by atoms with Gasteiger partial charge in [0.1, 0.15) is 5.76 Å². The van der Waals surface area contributed by atoms with E-state index >= 15 is 0 Å². The van der Waals surface area contributed by atoms with Crippen molar-refractivity contribution in [2.75, 3.05) is 13.6 Å². The Kier molecular flexibility index (Phi) is 6.37. The lowest BCUT2D eigenvalue weighted by molar-refractivity contribution is -0.119. The smallest absolute Gasteiger partial charge is 0.276 e. The van der Waals surface area contributed by atoms with E-state index in [4.69, 9.17) is 4.42 Å². The molecule has 1 heterocycles. The minimum Gasteiger partial charge on any atom is -0.448 e. The second-order valence-electron chi connectivity index (χ2n) is 7.94. The molecule has 1 aliphatic rings. The Hall–Kier alpha value is -2.67. The lowest BCUT2D eigenvalue weighted by Gasteiger charge is -2.34. The Morgan fingerprint density at radius 1 is 1.28 bits per heavy atom. The van der Waals surface area contributed by atoms with Crippen molar-refractivity contribution in [3.63, 3.8) is 0 Å². The molecule has 1 fully saturated rings. The fourth-order valence-electron chi connectivity index (χ4n) is 4.29. The monoisotopic (exact) mass is 399 g/mol. The van der Waals surface area contributed by atoms with Crippen molar-refractivity contribution in [1.82, 2.24) is 15.2 Å². The molecule has 0 saturated heterocycles. The maximum absolute atomic E-state index is 12.9. The number of nitrogens with zero attached hydrogens (tertiary/aromatic N) is 2. The molecule has 1 saturated carbocycles. The summed E-state index contributed by atoms with van der Waals surface area (Å²) >= 11 is 0. The van der Waals surface area contributed by atoms with Gasteiger partial charge in [-0.05, 0) is 38.2 Å². The number of likely N-dealkylation sites (N-methyl/N-ethyl adjacent to an activating group) is 1. The molecule has 3 rings (SSSR count). The van der Waals surface area contributed by atoms with E-state index in [1.165, 1.54) is 13.3 Å². The molecule has 2 aromatic rings. The van der Waals surface area contributed by atoms with Crippen molar-refractivity contribution in [3.05, 3.63) is 53.7 Å². The fraction of sp³-hybridized carbons (Fsp3) is 0.500. The second-order valence-corrected chi connectivity index (χ2v) is 7.94. The van der Waals surface area contributed by atoms with Crippen LogP contribution in [0.4, 0.5) is 0 Å².